The molecule has 0 radical (unpaired) electrons. The molecule has 0 unspecified atom stereocenters. The second-order valence-corrected chi connectivity index (χ2v) is 6.54. The molecule has 0 spiro atoms. The van der Waals surface area contributed by atoms with E-state index in [1.165, 1.54) is 29.6 Å². The summed E-state index contributed by atoms with van der Waals surface area (Å²) < 4.78 is 0. The lowest BCUT2D eigenvalue weighted by Crippen LogP contribution is -3.12. The Morgan fingerprint density at radius 2 is 2.05 bits per heavy atom. The summed E-state index contributed by atoms with van der Waals surface area (Å²) in [5.74, 6) is 0. The molecule has 3 heterocycles. The summed E-state index contributed by atoms with van der Waals surface area (Å²) in [6.07, 6.45) is 2.07. The Balaban J connectivity index is 1.65. The number of hydrogen-bond acceptors (Lipinski definition) is 3. The van der Waals surface area contributed by atoms with Gasteiger partial charge in [0.25, 0.3) is 0 Å². The van der Waals surface area contributed by atoms with Crippen LogP contribution in [0.1, 0.15) is 0 Å². The Kier molecular flexibility index (Phi) is 3.16. The van der Waals surface area contributed by atoms with Crippen molar-refractivity contribution >= 4 is 27.4 Å². The molecule has 4 nitrogen and oxygen atoms in total. The SMILES string of the molecule is C[NH+]1CCN(c2nc(-c3c[nH]c4ccccc34)cs2)CC1. The summed E-state index contributed by atoms with van der Waals surface area (Å²) >= 11 is 1.76. The molecule has 2 aromatic heterocycles. The summed E-state index contributed by atoms with van der Waals surface area (Å²) in [6, 6.07) is 8.40. The number of thiazole rings is 1. The summed E-state index contributed by atoms with van der Waals surface area (Å²) in [5, 5.41) is 4.58. The molecule has 1 aliphatic heterocycles. The molecule has 0 amide bonds. The van der Waals surface area contributed by atoms with Crippen LogP contribution in [0.5, 0.6) is 0 Å². The van der Waals surface area contributed by atoms with Crippen LogP contribution in [0.2, 0.25) is 0 Å². The highest BCUT2D eigenvalue weighted by Gasteiger charge is 2.20. The number of nitrogens with one attached hydrogen (secondary N) is 2. The first-order chi connectivity index (χ1) is 10.3. The summed E-state index contributed by atoms with van der Waals surface area (Å²) in [5.41, 5.74) is 3.46. The first kappa shape index (κ1) is 12.9. The molecular formula is C16H19N4S+. The van der Waals surface area contributed by atoms with E-state index in [0.717, 1.165) is 23.9 Å². The number of rotatable bonds is 2. The fourth-order valence-electron chi connectivity index (χ4n) is 2.90. The molecule has 2 N–H and O–H groups in total. The standard InChI is InChI=1S/C16H18N4S/c1-19-6-8-20(9-7-19)16-18-15(11-21-16)13-10-17-14-5-3-2-4-12(13)14/h2-5,10-11,17H,6-9H2,1H3/p+1. The van der Waals surface area contributed by atoms with Crippen LogP contribution in [0, 0.1) is 0 Å². The van der Waals surface area contributed by atoms with Gasteiger partial charge in [-0.15, -0.1) is 11.3 Å². The number of quaternary nitrogens is 1. The van der Waals surface area contributed by atoms with Gasteiger partial charge < -0.3 is 14.8 Å². The second-order valence-electron chi connectivity index (χ2n) is 5.71. The van der Waals surface area contributed by atoms with E-state index in [2.05, 4.69) is 52.8 Å². The van der Waals surface area contributed by atoms with Gasteiger partial charge in [-0.25, -0.2) is 4.98 Å². The van der Waals surface area contributed by atoms with Crippen LogP contribution in [-0.2, 0) is 0 Å². The number of nitrogens with zero attached hydrogens (tertiary/aromatic N) is 2. The quantitative estimate of drug-likeness (QED) is 0.754. The van der Waals surface area contributed by atoms with E-state index >= 15 is 0 Å². The molecule has 0 aliphatic carbocycles. The normalized spacial score (nSPS) is 16.7. The highest BCUT2D eigenvalue weighted by molar-refractivity contribution is 7.14. The maximum absolute atomic E-state index is 4.87. The molecule has 1 aliphatic rings. The topological polar surface area (TPSA) is 36.4 Å². The maximum atomic E-state index is 4.87. The molecule has 108 valence electrons. The van der Waals surface area contributed by atoms with E-state index in [1.807, 2.05) is 0 Å². The lowest BCUT2D eigenvalue weighted by molar-refractivity contribution is -0.880. The Hall–Kier alpha value is -1.85. The molecule has 0 saturated carbocycles. The number of likely N-dealkylation sites (N-methyl/N-ethyl adjacent to an activating group) is 1. The molecule has 1 aromatic carbocycles. The first-order valence-electron chi connectivity index (χ1n) is 7.39. The summed E-state index contributed by atoms with van der Waals surface area (Å²) in [6.45, 7) is 4.60. The molecule has 1 fully saturated rings. The molecule has 5 heteroatoms. The van der Waals surface area contributed by atoms with Gasteiger partial charge in [0, 0.05) is 28.0 Å². The zero-order valence-electron chi connectivity index (χ0n) is 12.1. The Bertz CT molecular complexity index is 752. The molecule has 1 saturated heterocycles. The van der Waals surface area contributed by atoms with Crippen molar-refractivity contribution in [3.63, 3.8) is 0 Å². The van der Waals surface area contributed by atoms with Crippen LogP contribution in [-0.4, -0.2) is 43.2 Å². The summed E-state index contributed by atoms with van der Waals surface area (Å²) in [7, 11) is 2.26. The van der Waals surface area contributed by atoms with E-state index in [9.17, 15) is 0 Å². The van der Waals surface area contributed by atoms with E-state index in [4.69, 9.17) is 4.98 Å². The van der Waals surface area contributed by atoms with E-state index in [0.29, 0.717) is 0 Å². The van der Waals surface area contributed by atoms with Gasteiger partial charge in [-0.05, 0) is 6.07 Å². The van der Waals surface area contributed by atoms with Gasteiger partial charge in [0.15, 0.2) is 5.13 Å². The average Bonchev–Trinajstić information content (AvgIpc) is 3.14. The number of anilines is 1. The fourth-order valence-corrected chi connectivity index (χ4v) is 3.78. The fraction of sp³-hybridized carbons (Fsp3) is 0.312. The third kappa shape index (κ3) is 2.32. The highest BCUT2D eigenvalue weighted by atomic mass is 32.1. The molecule has 4 rings (SSSR count). The number of aromatic amines is 1. The van der Waals surface area contributed by atoms with Gasteiger partial charge in [0.2, 0.25) is 0 Å². The molecule has 0 bridgehead atoms. The lowest BCUT2D eigenvalue weighted by atomic mass is 10.1. The van der Waals surface area contributed by atoms with Crippen LogP contribution in [0.3, 0.4) is 0 Å². The number of para-hydroxylation sites is 1. The number of H-pyrrole nitrogens is 1. The average molecular weight is 299 g/mol. The van der Waals surface area contributed by atoms with E-state index in [-0.39, 0.29) is 0 Å². The Labute approximate surface area is 128 Å². The molecular weight excluding hydrogens is 280 g/mol. The largest absolute Gasteiger partial charge is 0.360 e. The van der Waals surface area contributed by atoms with E-state index in [1.54, 1.807) is 16.2 Å². The van der Waals surface area contributed by atoms with Crippen LogP contribution in [0.4, 0.5) is 5.13 Å². The number of aromatic nitrogens is 2. The lowest BCUT2D eigenvalue weighted by Gasteiger charge is -2.29. The summed E-state index contributed by atoms with van der Waals surface area (Å²) in [4.78, 5) is 12.2. The van der Waals surface area contributed by atoms with Gasteiger partial charge in [0.05, 0.1) is 38.9 Å². The van der Waals surface area contributed by atoms with Crippen LogP contribution < -0.4 is 9.80 Å². The number of fused-ring (bicyclic) bond motifs is 1. The van der Waals surface area contributed by atoms with Crippen molar-refractivity contribution in [2.24, 2.45) is 0 Å². The Morgan fingerprint density at radius 1 is 1.24 bits per heavy atom. The Morgan fingerprint density at radius 3 is 2.90 bits per heavy atom. The van der Waals surface area contributed by atoms with Crippen LogP contribution in [0.25, 0.3) is 22.2 Å². The van der Waals surface area contributed by atoms with Gasteiger partial charge in [0.1, 0.15) is 0 Å². The van der Waals surface area contributed by atoms with Crippen molar-refractivity contribution in [3.05, 3.63) is 35.8 Å². The van der Waals surface area contributed by atoms with Gasteiger partial charge >= 0.3 is 0 Å². The molecule has 0 atom stereocenters. The van der Waals surface area contributed by atoms with Crippen molar-refractivity contribution < 1.29 is 4.90 Å². The second kappa shape index (κ2) is 5.16. The van der Waals surface area contributed by atoms with E-state index < -0.39 is 0 Å². The van der Waals surface area contributed by atoms with Crippen LogP contribution >= 0.6 is 11.3 Å². The minimum atomic E-state index is 1.08. The predicted molar refractivity (Wildman–Crippen MR) is 88.2 cm³/mol. The van der Waals surface area contributed by atoms with Crippen molar-refractivity contribution in [1.82, 2.24) is 9.97 Å². The number of piperazine rings is 1. The van der Waals surface area contributed by atoms with Gasteiger partial charge in [-0.2, -0.15) is 0 Å². The third-order valence-corrected chi connectivity index (χ3v) is 5.15. The minimum absolute atomic E-state index is 1.08. The maximum Gasteiger partial charge on any atom is 0.186 e. The van der Waals surface area contributed by atoms with Crippen molar-refractivity contribution in [2.75, 3.05) is 38.1 Å². The number of hydrogen-bond donors (Lipinski definition) is 2. The van der Waals surface area contributed by atoms with Crippen molar-refractivity contribution in [3.8, 4) is 11.3 Å². The zero-order chi connectivity index (χ0) is 14.2. The predicted octanol–water partition coefficient (Wildman–Crippen LogP) is 1.63. The number of benzene rings is 1. The van der Waals surface area contributed by atoms with Crippen LogP contribution in [0.15, 0.2) is 35.8 Å². The van der Waals surface area contributed by atoms with Gasteiger partial charge in [-0.3, -0.25) is 0 Å². The first-order valence-corrected chi connectivity index (χ1v) is 8.27. The van der Waals surface area contributed by atoms with Gasteiger partial charge in [-0.1, -0.05) is 18.2 Å². The zero-order valence-corrected chi connectivity index (χ0v) is 12.9. The molecule has 3 aromatic rings. The smallest absolute Gasteiger partial charge is 0.186 e. The third-order valence-electron chi connectivity index (χ3n) is 4.24. The highest BCUT2D eigenvalue weighted by Crippen LogP contribution is 2.32. The minimum Gasteiger partial charge on any atom is -0.360 e. The monoisotopic (exact) mass is 299 g/mol. The van der Waals surface area contributed by atoms with Crippen molar-refractivity contribution in [1.29, 1.82) is 0 Å². The molecule has 21 heavy (non-hydrogen) atoms. The van der Waals surface area contributed by atoms with Crippen molar-refractivity contribution in [2.45, 2.75) is 0 Å².